The Kier molecular flexibility index (Phi) is 4.55. The van der Waals surface area contributed by atoms with E-state index >= 15 is 0 Å². The van der Waals surface area contributed by atoms with Crippen molar-refractivity contribution in [1.82, 2.24) is 5.32 Å². The Labute approximate surface area is 148 Å². The van der Waals surface area contributed by atoms with E-state index in [9.17, 15) is 4.79 Å². The van der Waals surface area contributed by atoms with Crippen LogP contribution < -0.4 is 10.1 Å². The monoisotopic (exact) mass is 343 g/mol. The Balaban J connectivity index is 1.78. The summed E-state index contributed by atoms with van der Waals surface area (Å²) in [7, 11) is 0. The summed E-state index contributed by atoms with van der Waals surface area (Å²) in [6.07, 6.45) is 1.06. The molecular formula is C20H22ClNO2. The minimum Gasteiger partial charge on any atom is -0.487 e. The van der Waals surface area contributed by atoms with E-state index in [2.05, 4.69) is 11.4 Å². The molecule has 2 aromatic rings. The van der Waals surface area contributed by atoms with Gasteiger partial charge in [-0.15, -0.1) is 0 Å². The average molecular weight is 344 g/mol. The van der Waals surface area contributed by atoms with Crippen LogP contribution in [0.4, 0.5) is 0 Å². The fourth-order valence-electron chi connectivity index (χ4n) is 3.17. The number of ether oxygens (including phenoxy) is 1. The van der Waals surface area contributed by atoms with Gasteiger partial charge in [-0.1, -0.05) is 35.9 Å². The van der Waals surface area contributed by atoms with Crippen LogP contribution in [-0.2, 0) is 11.2 Å². The Morgan fingerprint density at radius 3 is 2.83 bits per heavy atom. The van der Waals surface area contributed by atoms with Crippen molar-refractivity contribution in [3.8, 4) is 5.75 Å². The summed E-state index contributed by atoms with van der Waals surface area (Å²) < 4.78 is 6.08. The van der Waals surface area contributed by atoms with Crippen LogP contribution in [-0.4, -0.2) is 11.5 Å². The van der Waals surface area contributed by atoms with Gasteiger partial charge in [0.2, 0.25) is 5.91 Å². The van der Waals surface area contributed by atoms with Crippen LogP contribution in [0.3, 0.4) is 0 Å². The van der Waals surface area contributed by atoms with Gasteiger partial charge in [-0.3, -0.25) is 4.79 Å². The van der Waals surface area contributed by atoms with Gasteiger partial charge >= 0.3 is 0 Å². The fraction of sp³-hybridized carbons (Fsp3) is 0.350. The summed E-state index contributed by atoms with van der Waals surface area (Å²) in [6, 6.07) is 13.5. The lowest BCUT2D eigenvalue weighted by Gasteiger charge is -2.38. The van der Waals surface area contributed by atoms with E-state index < -0.39 is 0 Å². The molecule has 1 heterocycles. The van der Waals surface area contributed by atoms with Gasteiger partial charge in [0.1, 0.15) is 11.4 Å². The molecule has 1 aliphatic heterocycles. The molecule has 24 heavy (non-hydrogen) atoms. The third-order valence-corrected chi connectivity index (χ3v) is 4.45. The summed E-state index contributed by atoms with van der Waals surface area (Å²) in [6.45, 7) is 6.14. The molecular weight excluding hydrogens is 322 g/mol. The molecule has 1 aliphatic rings. The van der Waals surface area contributed by atoms with Crippen LogP contribution in [0.25, 0.3) is 0 Å². The zero-order chi connectivity index (χ0) is 17.3. The second-order valence-electron chi connectivity index (χ2n) is 7.03. The quantitative estimate of drug-likeness (QED) is 0.883. The highest BCUT2D eigenvalue weighted by molar-refractivity contribution is 6.30. The number of nitrogens with one attached hydrogen (secondary N) is 1. The van der Waals surface area contributed by atoms with E-state index in [0.717, 1.165) is 28.9 Å². The maximum absolute atomic E-state index is 12.5. The number of carbonyl (C=O) groups excluding carboxylic acids is 1. The van der Waals surface area contributed by atoms with Crippen LogP contribution in [0.15, 0.2) is 42.5 Å². The largest absolute Gasteiger partial charge is 0.487 e. The van der Waals surface area contributed by atoms with E-state index in [-0.39, 0.29) is 17.6 Å². The molecule has 0 spiro atoms. The number of fused-ring (bicyclic) bond motifs is 1. The highest BCUT2D eigenvalue weighted by Crippen LogP contribution is 2.39. The summed E-state index contributed by atoms with van der Waals surface area (Å²) in [5.41, 5.74) is 2.79. The summed E-state index contributed by atoms with van der Waals surface area (Å²) >= 11 is 5.99. The molecule has 2 aromatic carbocycles. The topological polar surface area (TPSA) is 38.3 Å². The summed E-state index contributed by atoms with van der Waals surface area (Å²) in [4.78, 5) is 12.5. The third-order valence-electron chi connectivity index (χ3n) is 4.22. The van der Waals surface area contributed by atoms with Crippen LogP contribution in [0.1, 0.15) is 43.0 Å². The Bertz CT molecular complexity index is 770. The molecule has 0 saturated heterocycles. The molecule has 0 bridgehead atoms. The molecule has 0 radical (unpaired) electrons. The van der Waals surface area contributed by atoms with E-state index in [4.69, 9.17) is 16.3 Å². The molecule has 1 N–H and O–H groups in total. The maximum Gasteiger partial charge on any atom is 0.224 e. The molecule has 126 valence electrons. The van der Waals surface area contributed by atoms with Gasteiger partial charge in [0.05, 0.1) is 12.5 Å². The molecule has 1 atom stereocenters. The first-order chi connectivity index (χ1) is 11.3. The van der Waals surface area contributed by atoms with Crippen molar-refractivity contribution in [1.29, 1.82) is 0 Å². The number of halogens is 1. The zero-order valence-corrected chi connectivity index (χ0v) is 15.0. The van der Waals surface area contributed by atoms with Crippen molar-refractivity contribution in [3.63, 3.8) is 0 Å². The second kappa shape index (κ2) is 6.48. The first-order valence-corrected chi connectivity index (χ1v) is 8.53. The fourth-order valence-corrected chi connectivity index (χ4v) is 3.38. The number of hydrogen-bond acceptors (Lipinski definition) is 2. The number of amides is 1. The Hall–Kier alpha value is -2.00. The van der Waals surface area contributed by atoms with Gasteiger partial charge in [0.15, 0.2) is 0 Å². The van der Waals surface area contributed by atoms with E-state index in [0.29, 0.717) is 11.4 Å². The Morgan fingerprint density at radius 1 is 1.29 bits per heavy atom. The van der Waals surface area contributed by atoms with E-state index in [1.54, 1.807) is 0 Å². The van der Waals surface area contributed by atoms with E-state index in [1.807, 2.05) is 57.2 Å². The number of benzene rings is 2. The van der Waals surface area contributed by atoms with Gasteiger partial charge in [-0.2, -0.15) is 0 Å². The summed E-state index contributed by atoms with van der Waals surface area (Å²) in [5.74, 6) is 0.853. The number of aryl methyl sites for hydroxylation is 1. The minimum absolute atomic E-state index is 0.00788. The second-order valence-corrected chi connectivity index (χ2v) is 7.47. The maximum atomic E-state index is 12.5. The molecule has 1 unspecified atom stereocenters. The zero-order valence-electron chi connectivity index (χ0n) is 14.2. The molecule has 1 amide bonds. The predicted octanol–water partition coefficient (Wildman–Crippen LogP) is 4.61. The first kappa shape index (κ1) is 16.8. The smallest absolute Gasteiger partial charge is 0.224 e. The first-order valence-electron chi connectivity index (χ1n) is 8.16. The average Bonchev–Trinajstić information content (AvgIpc) is 2.45. The van der Waals surface area contributed by atoms with Crippen molar-refractivity contribution in [2.45, 2.75) is 45.3 Å². The van der Waals surface area contributed by atoms with Gasteiger partial charge in [0.25, 0.3) is 0 Å². The standard InChI is InChI=1S/C20H22ClNO2/c1-13-7-8-16-17(12-20(2,3)24-18(16)9-13)22-19(23)11-14-5-4-6-15(21)10-14/h4-10,17H,11-12H2,1-3H3,(H,22,23). The molecule has 3 nitrogen and oxygen atoms in total. The highest BCUT2D eigenvalue weighted by atomic mass is 35.5. The van der Waals surface area contributed by atoms with Gasteiger partial charge in [-0.05, 0) is 50.1 Å². The van der Waals surface area contributed by atoms with Crippen molar-refractivity contribution in [3.05, 3.63) is 64.2 Å². The molecule has 0 aromatic heterocycles. The van der Waals surface area contributed by atoms with Crippen LogP contribution in [0.5, 0.6) is 5.75 Å². The Morgan fingerprint density at radius 2 is 2.08 bits per heavy atom. The highest BCUT2D eigenvalue weighted by Gasteiger charge is 2.34. The van der Waals surface area contributed by atoms with Crippen molar-refractivity contribution >= 4 is 17.5 Å². The molecule has 0 fully saturated rings. The lowest BCUT2D eigenvalue weighted by atomic mass is 9.89. The van der Waals surface area contributed by atoms with Gasteiger partial charge in [-0.25, -0.2) is 0 Å². The molecule has 4 heteroatoms. The van der Waals surface area contributed by atoms with E-state index in [1.165, 1.54) is 0 Å². The normalized spacial score (nSPS) is 18.4. The number of rotatable bonds is 3. The number of carbonyl (C=O) groups is 1. The van der Waals surface area contributed by atoms with Crippen molar-refractivity contribution < 1.29 is 9.53 Å². The lowest BCUT2D eigenvalue weighted by molar-refractivity contribution is -0.121. The number of hydrogen-bond donors (Lipinski definition) is 1. The van der Waals surface area contributed by atoms with Crippen LogP contribution in [0, 0.1) is 6.92 Å². The van der Waals surface area contributed by atoms with Crippen LogP contribution >= 0.6 is 11.6 Å². The molecule has 0 saturated carbocycles. The minimum atomic E-state index is -0.311. The lowest BCUT2D eigenvalue weighted by Crippen LogP contribution is -2.41. The predicted molar refractivity (Wildman–Crippen MR) is 96.5 cm³/mol. The third kappa shape index (κ3) is 3.90. The molecule has 3 rings (SSSR count). The van der Waals surface area contributed by atoms with Gasteiger partial charge < -0.3 is 10.1 Å². The van der Waals surface area contributed by atoms with Crippen LogP contribution in [0.2, 0.25) is 5.02 Å². The van der Waals surface area contributed by atoms with Crippen molar-refractivity contribution in [2.24, 2.45) is 0 Å². The van der Waals surface area contributed by atoms with Gasteiger partial charge in [0, 0.05) is 17.0 Å². The SMILES string of the molecule is Cc1ccc2c(c1)OC(C)(C)CC2NC(=O)Cc1cccc(Cl)c1. The van der Waals surface area contributed by atoms with Crippen molar-refractivity contribution in [2.75, 3.05) is 0 Å². The summed E-state index contributed by atoms with van der Waals surface area (Å²) in [5, 5.41) is 3.80. The molecule has 0 aliphatic carbocycles.